The molecule has 6 heteroatoms. The normalized spacial score (nSPS) is 23.4. The van der Waals surface area contributed by atoms with Gasteiger partial charge in [0.2, 0.25) is 0 Å². The van der Waals surface area contributed by atoms with E-state index in [1.165, 1.54) is 0 Å². The molecule has 1 fully saturated rings. The average molecular weight is 274 g/mol. The van der Waals surface area contributed by atoms with Crippen molar-refractivity contribution in [3.05, 3.63) is 10.7 Å². The molecule has 0 aliphatic carbocycles. The van der Waals surface area contributed by atoms with Crippen molar-refractivity contribution in [2.24, 2.45) is 0 Å². The lowest BCUT2D eigenvalue weighted by Gasteiger charge is -2.32. The lowest BCUT2D eigenvalue weighted by atomic mass is 9.86. The maximum Gasteiger partial charge on any atom is 0.535 e. The maximum absolute atomic E-state index is 5.79. The van der Waals surface area contributed by atoms with Crippen molar-refractivity contribution < 1.29 is 13.8 Å². The van der Waals surface area contributed by atoms with Crippen molar-refractivity contribution in [2.75, 3.05) is 0 Å². The average Bonchev–Trinajstić information content (AvgIpc) is 2.56. The summed E-state index contributed by atoms with van der Waals surface area (Å²) in [6.45, 7) is 7.99. The van der Waals surface area contributed by atoms with Gasteiger partial charge in [-0.15, -0.1) is 0 Å². The molecule has 82 valence electrons. The highest BCUT2D eigenvalue weighted by atomic mass is 79.9. The second kappa shape index (κ2) is 3.33. The van der Waals surface area contributed by atoms with E-state index in [1.807, 2.05) is 27.7 Å². The van der Waals surface area contributed by atoms with E-state index in [0.29, 0.717) is 10.3 Å². The van der Waals surface area contributed by atoms with Gasteiger partial charge in [0.25, 0.3) is 0 Å². The van der Waals surface area contributed by atoms with Gasteiger partial charge in [-0.3, -0.25) is 0 Å². The lowest BCUT2D eigenvalue weighted by Crippen LogP contribution is -2.41. The monoisotopic (exact) mass is 273 g/mol. The van der Waals surface area contributed by atoms with E-state index in [0.717, 1.165) is 0 Å². The molecule has 0 saturated carbocycles. The number of rotatable bonds is 1. The van der Waals surface area contributed by atoms with Gasteiger partial charge in [0.15, 0.2) is 5.66 Å². The van der Waals surface area contributed by atoms with E-state index in [4.69, 9.17) is 13.8 Å². The standard InChI is InChI=1S/C9H13BBrNO3/c1-8(2)9(3,4)15-10(14-8)6-5-7(11)12-13-6/h5H,1-4H3. The molecule has 1 aromatic rings. The van der Waals surface area contributed by atoms with Crippen molar-refractivity contribution in [2.45, 2.75) is 38.9 Å². The summed E-state index contributed by atoms with van der Waals surface area (Å²) >= 11 is 3.22. The lowest BCUT2D eigenvalue weighted by molar-refractivity contribution is 0.00578. The number of hydrogen-bond acceptors (Lipinski definition) is 4. The van der Waals surface area contributed by atoms with E-state index < -0.39 is 7.12 Å². The molecule has 1 aliphatic rings. The Balaban J connectivity index is 2.23. The molecule has 0 N–H and O–H groups in total. The van der Waals surface area contributed by atoms with Crippen LogP contribution in [-0.4, -0.2) is 23.5 Å². The number of aromatic nitrogens is 1. The Bertz CT molecular complexity index is 361. The first-order valence-electron chi connectivity index (χ1n) is 4.79. The molecule has 0 aromatic carbocycles. The predicted molar refractivity (Wildman–Crippen MR) is 59.9 cm³/mol. The first-order chi connectivity index (χ1) is 6.82. The molecule has 4 nitrogen and oxygen atoms in total. The summed E-state index contributed by atoms with van der Waals surface area (Å²) in [6.07, 6.45) is 0. The number of hydrogen-bond donors (Lipinski definition) is 0. The van der Waals surface area contributed by atoms with Crippen LogP contribution in [0.2, 0.25) is 0 Å². The minimum Gasteiger partial charge on any atom is -0.397 e. The maximum atomic E-state index is 5.79. The minimum atomic E-state index is -0.478. The highest BCUT2D eigenvalue weighted by Gasteiger charge is 2.53. The van der Waals surface area contributed by atoms with Gasteiger partial charge in [-0.25, -0.2) is 0 Å². The smallest absolute Gasteiger partial charge is 0.397 e. The SMILES string of the molecule is CC1(C)OB(c2cc(Br)no2)OC1(C)C. The van der Waals surface area contributed by atoms with E-state index in [2.05, 4.69) is 21.1 Å². The highest BCUT2D eigenvalue weighted by Crippen LogP contribution is 2.36. The van der Waals surface area contributed by atoms with Crippen molar-refractivity contribution in [3.63, 3.8) is 0 Å². The van der Waals surface area contributed by atoms with E-state index >= 15 is 0 Å². The van der Waals surface area contributed by atoms with Crippen LogP contribution in [0.5, 0.6) is 0 Å². The third kappa shape index (κ3) is 1.86. The van der Waals surface area contributed by atoms with Gasteiger partial charge in [-0.2, -0.15) is 0 Å². The van der Waals surface area contributed by atoms with Gasteiger partial charge in [0.1, 0.15) is 4.60 Å². The van der Waals surface area contributed by atoms with Crippen LogP contribution in [0.15, 0.2) is 15.2 Å². The van der Waals surface area contributed by atoms with Gasteiger partial charge in [0.05, 0.1) is 11.2 Å². The van der Waals surface area contributed by atoms with Crippen LogP contribution >= 0.6 is 15.9 Å². The molecule has 0 spiro atoms. The Morgan fingerprint density at radius 1 is 1.20 bits per heavy atom. The van der Waals surface area contributed by atoms with Crippen molar-refractivity contribution >= 4 is 28.7 Å². The van der Waals surface area contributed by atoms with Crippen molar-refractivity contribution in [3.8, 4) is 0 Å². The summed E-state index contributed by atoms with van der Waals surface area (Å²) in [4.78, 5) is 0. The topological polar surface area (TPSA) is 44.5 Å². The number of halogens is 1. The fourth-order valence-corrected chi connectivity index (χ4v) is 1.63. The van der Waals surface area contributed by atoms with Crippen molar-refractivity contribution in [1.29, 1.82) is 0 Å². The molecule has 0 amide bonds. The third-order valence-corrected chi connectivity index (χ3v) is 3.36. The van der Waals surface area contributed by atoms with Crippen LogP contribution in [0.3, 0.4) is 0 Å². The Labute approximate surface area is 97.6 Å². The summed E-state index contributed by atoms with van der Waals surface area (Å²) < 4.78 is 17.3. The molecule has 0 unspecified atom stereocenters. The van der Waals surface area contributed by atoms with Gasteiger partial charge >= 0.3 is 7.12 Å². The Hall–Kier alpha value is -0.325. The molecule has 1 aromatic heterocycles. The molecule has 1 saturated heterocycles. The summed E-state index contributed by atoms with van der Waals surface area (Å²) in [5.74, 6) is 0. The Kier molecular flexibility index (Phi) is 2.48. The molecule has 2 heterocycles. The molecule has 0 atom stereocenters. The van der Waals surface area contributed by atoms with E-state index in [-0.39, 0.29) is 11.2 Å². The van der Waals surface area contributed by atoms with Crippen LogP contribution in [0, 0.1) is 0 Å². The first kappa shape index (κ1) is 11.2. The molecule has 15 heavy (non-hydrogen) atoms. The minimum absolute atomic E-state index is 0.350. The van der Waals surface area contributed by atoms with E-state index in [9.17, 15) is 0 Å². The van der Waals surface area contributed by atoms with Crippen LogP contribution in [0.4, 0.5) is 0 Å². The zero-order valence-electron chi connectivity index (χ0n) is 9.20. The van der Waals surface area contributed by atoms with Gasteiger partial charge in [-0.05, 0) is 43.6 Å². The molecular weight excluding hydrogens is 261 g/mol. The Morgan fingerprint density at radius 2 is 1.73 bits per heavy atom. The van der Waals surface area contributed by atoms with Crippen LogP contribution in [0.1, 0.15) is 27.7 Å². The second-order valence-corrected chi connectivity index (χ2v) is 5.45. The number of nitrogens with zero attached hydrogens (tertiary/aromatic N) is 1. The highest BCUT2D eigenvalue weighted by molar-refractivity contribution is 9.10. The second-order valence-electron chi connectivity index (χ2n) is 4.64. The fourth-order valence-electron chi connectivity index (χ4n) is 1.34. The van der Waals surface area contributed by atoms with Crippen LogP contribution in [0.25, 0.3) is 0 Å². The largest absolute Gasteiger partial charge is 0.535 e. The quantitative estimate of drug-likeness (QED) is 0.731. The third-order valence-electron chi connectivity index (χ3n) is 2.99. The van der Waals surface area contributed by atoms with Gasteiger partial charge in [0, 0.05) is 6.07 Å². The zero-order valence-corrected chi connectivity index (χ0v) is 10.8. The zero-order chi connectivity index (χ0) is 11.3. The van der Waals surface area contributed by atoms with Crippen LogP contribution < -0.4 is 5.66 Å². The summed E-state index contributed by atoms with van der Waals surface area (Å²) in [6, 6.07) is 1.75. The summed E-state index contributed by atoms with van der Waals surface area (Å²) in [5.41, 5.74) is -0.117. The van der Waals surface area contributed by atoms with Crippen molar-refractivity contribution in [1.82, 2.24) is 5.16 Å². The Morgan fingerprint density at radius 3 is 2.13 bits per heavy atom. The first-order valence-corrected chi connectivity index (χ1v) is 5.59. The van der Waals surface area contributed by atoms with E-state index in [1.54, 1.807) is 6.07 Å². The molecule has 1 aliphatic heterocycles. The van der Waals surface area contributed by atoms with Gasteiger partial charge in [-0.1, -0.05) is 5.16 Å². The molecule has 2 rings (SSSR count). The van der Waals surface area contributed by atoms with Gasteiger partial charge < -0.3 is 13.8 Å². The molecule has 0 radical (unpaired) electrons. The predicted octanol–water partition coefficient (Wildman–Crippen LogP) is 1.74. The fraction of sp³-hybridized carbons (Fsp3) is 0.667. The summed E-state index contributed by atoms with van der Waals surface area (Å²) in [5, 5.41) is 3.74. The molecule has 0 bridgehead atoms. The summed E-state index contributed by atoms with van der Waals surface area (Å²) in [7, 11) is -0.478. The molecular formula is C9H13BBrNO3. The van der Waals surface area contributed by atoms with Crippen LogP contribution in [-0.2, 0) is 9.31 Å².